The number of piperidine rings is 1. The van der Waals surface area contributed by atoms with Gasteiger partial charge in [-0.1, -0.05) is 11.6 Å². The van der Waals surface area contributed by atoms with E-state index in [-0.39, 0.29) is 0 Å². The fraction of sp³-hybridized carbons (Fsp3) is 0.400. The number of nitrogens with one attached hydrogen (secondary N) is 1. The lowest BCUT2D eigenvalue weighted by molar-refractivity contribution is 0.411. The SMILES string of the molecule is Cc1ccc2nc(N3CCC(NCc4ccsc4)CC3)nc(C)c2c1. The molecule has 25 heavy (non-hydrogen) atoms. The van der Waals surface area contributed by atoms with Crippen molar-refractivity contribution in [2.24, 2.45) is 0 Å². The Bertz CT molecular complexity index is 852. The van der Waals surface area contributed by atoms with Crippen LogP contribution in [0.25, 0.3) is 10.9 Å². The zero-order valence-corrected chi connectivity index (χ0v) is 15.6. The maximum absolute atomic E-state index is 4.81. The monoisotopic (exact) mass is 352 g/mol. The molecule has 1 saturated heterocycles. The van der Waals surface area contributed by atoms with E-state index in [1.165, 1.54) is 11.1 Å². The normalized spacial score (nSPS) is 15.8. The summed E-state index contributed by atoms with van der Waals surface area (Å²) in [5.41, 5.74) is 4.76. The predicted molar refractivity (Wildman–Crippen MR) is 105 cm³/mol. The highest BCUT2D eigenvalue weighted by Crippen LogP contribution is 2.23. The third kappa shape index (κ3) is 3.67. The van der Waals surface area contributed by atoms with Crippen LogP contribution in [0.5, 0.6) is 0 Å². The van der Waals surface area contributed by atoms with Crippen molar-refractivity contribution in [3.63, 3.8) is 0 Å². The number of fused-ring (bicyclic) bond motifs is 1. The molecule has 3 aromatic rings. The van der Waals surface area contributed by atoms with Gasteiger partial charge in [-0.2, -0.15) is 11.3 Å². The minimum Gasteiger partial charge on any atom is -0.341 e. The molecule has 1 aliphatic heterocycles. The van der Waals surface area contributed by atoms with Crippen molar-refractivity contribution in [2.45, 2.75) is 39.3 Å². The number of thiophene rings is 1. The van der Waals surface area contributed by atoms with E-state index in [2.05, 4.69) is 59.1 Å². The Kier molecular flexibility index (Phi) is 4.68. The van der Waals surface area contributed by atoms with Crippen LogP contribution in [-0.2, 0) is 6.54 Å². The number of anilines is 1. The van der Waals surface area contributed by atoms with Crippen LogP contribution >= 0.6 is 11.3 Å². The lowest BCUT2D eigenvalue weighted by Crippen LogP contribution is -2.42. The number of nitrogens with zero attached hydrogens (tertiary/aromatic N) is 3. The first-order chi connectivity index (χ1) is 12.2. The summed E-state index contributed by atoms with van der Waals surface area (Å²) in [7, 11) is 0. The van der Waals surface area contributed by atoms with Crippen molar-refractivity contribution in [3.8, 4) is 0 Å². The van der Waals surface area contributed by atoms with Crippen molar-refractivity contribution in [2.75, 3.05) is 18.0 Å². The van der Waals surface area contributed by atoms with Gasteiger partial charge < -0.3 is 10.2 Å². The van der Waals surface area contributed by atoms with Crippen molar-refractivity contribution < 1.29 is 0 Å². The summed E-state index contributed by atoms with van der Waals surface area (Å²) in [6.45, 7) is 7.19. The molecule has 1 fully saturated rings. The van der Waals surface area contributed by atoms with Gasteiger partial charge in [0.05, 0.1) is 11.2 Å². The van der Waals surface area contributed by atoms with Crippen LogP contribution < -0.4 is 10.2 Å². The van der Waals surface area contributed by atoms with Gasteiger partial charge in [0.25, 0.3) is 0 Å². The molecule has 0 aliphatic carbocycles. The van der Waals surface area contributed by atoms with Crippen LogP contribution in [0.3, 0.4) is 0 Å². The topological polar surface area (TPSA) is 41.1 Å². The first kappa shape index (κ1) is 16.5. The molecule has 0 radical (unpaired) electrons. The van der Waals surface area contributed by atoms with E-state index in [4.69, 9.17) is 9.97 Å². The standard InChI is InChI=1S/C20H24N4S/c1-14-3-4-19-18(11-14)15(2)22-20(23-19)24-8-5-17(6-9-24)21-12-16-7-10-25-13-16/h3-4,7,10-11,13,17,21H,5-6,8-9,12H2,1-2H3. The Morgan fingerprint density at radius 1 is 1.16 bits per heavy atom. The Balaban J connectivity index is 1.42. The predicted octanol–water partition coefficient (Wildman–Crippen LogP) is 4.07. The van der Waals surface area contributed by atoms with E-state index in [0.717, 1.165) is 55.0 Å². The van der Waals surface area contributed by atoms with Gasteiger partial charge in [0.2, 0.25) is 5.95 Å². The Morgan fingerprint density at radius 3 is 2.76 bits per heavy atom. The number of aromatic nitrogens is 2. The summed E-state index contributed by atoms with van der Waals surface area (Å²) in [6, 6.07) is 9.19. The highest BCUT2D eigenvalue weighted by atomic mass is 32.1. The maximum Gasteiger partial charge on any atom is 0.226 e. The second-order valence-electron chi connectivity index (χ2n) is 6.90. The molecular weight excluding hydrogens is 328 g/mol. The molecule has 5 heteroatoms. The fourth-order valence-electron chi connectivity index (χ4n) is 3.46. The minimum atomic E-state index is 0.584. The molecule has 0 spiro atoms. The zero-order valence-electron chi connectivity index (χ0n) is 14.8. The maximum atomic E-state index is 4.81. The molecule has 4 rings (SSSR count). The van der Waals surface area contributed by atoms with E-state index in [9.17, 15) is 0 Å². The van der Waals surface area contributed by atoms with Gasteiger partial charge in [0.15, 0.2) is 0 Å². The molecule has 0 unspecified atom stereocenters. The highest BCUT2D eigenvalue weighted by Gasteiger charge is 2.21. The summed E-state index contributed by atoms with van der Waals surface area (Å²) in [4.78, 5) is 11.9. The quantitative estimate of drug-likeness (QED) is 0.768. The molecule has 0 bridgehead atoms. The van der Waals surface area contributed by atoms with Gasteiger partial charge in [-0.15, -0.1) is 0 Å². The lowest BCUT2D eigenvalue weighted by atomic mass is 10.0. The minimum absolute atomic E-state index is 0.584. The van der Waals surface area contributed by atoms with Gasteiger partial charge in [-0.3, -0.25) is 0 Å². The summed E-state index contributed by atoms with van der Waals surface area (Å²) >= 11 is 1.76. The molecule has 4 nitrogen and oxygen atoms in total. The average Bonchev–Trinajstić information content (AvgIpc) is 3.14. The number of benzene rings is 1. The van der Waals surface area contributed by atoms with Gasteiger partial charge in [0.1, 0.15) is 0 Å². The summed E-state index contributed by atoms with van der Waals surface area (Å²) in [5.74, 6) is 0.880. The van der Waals surface area contributed by atoms with Crippen molar-refractivity contribution >= 4 is 28.2 Å². The van der Waals surface area contributed by atoms with Gasteiger partial charge >= 0.3 is 0 Å². The van der Waals surface area contributed by atoms with Crippen molar-refractivity contribution in [3.05, 3.63) is 51.8 Å². The number of hydrogen-bond acceptors (Lipinski definition) is 5. The van der Waals surface area contributed by atoms with Crippen LogP contribution in [0, 0.1) is 13.8 Å². The first-order valence-corrected chi connectivity index (χ1v) is 9.88. The van der Waals surface area contributed by atoms with Crippen LogP contribution in [0.2, 0.25) is 0 Å². The van der Waals surface area contributed by atoms with Crippen LogP contribution in [0.1, 0.15) is 29.7 Å². The third-order valence-electron chi connectivity index (χ3n) is 4.98. The second kappa shape index (κ2) is 7.10. The van der Waals surface area contributed by atoms with Crippen molar-refractivity contribution in [1.82, 2.24) is 15.3 Å². The Hall–Kier alpha value is -1.98. The van der Waals surface area contributed by atoms with E-state index < -0.39 is 0 Å². The lowest BCUT2D eigenvalue weighted by Gasteiger charge is -2.32. The summed E-state index contributed by atoms with van der Waals surface area (Å²) < 4.78 is 0. The van der Waals surface area contributed by atoms with Gasteiger partial charge in [-0.25, -0.2) is 9.97 Å². The fourth-order valence-corrected chi connectivity index (χ4v) is 4.13. The molecule has 130 valence electrons. The van der Waals surface area contributed by atoms with Gasteiger partial charge in [0, 0.05) is 31.1 Å². The van der Waals surface area contributed by atoms with Crippen LogP contribution in [-0.4, -0.2) is 29.1 Å². The smallest absolute Gasteiger partial charge is 0.226 e. The molecule has 1 aromatic carbocycles. The Labute approximate surface area is 152 Å². The average molecular weight is 353 g/mol. The highest BCUT2D eigenvalue weighted by molar-refractivity contribution is 7.07. The molecule has 0 saturated carbocycles. The molecule has 0 amide bonds. The summed E-state index contributed by atoms with van der Waals surface area (Å²) in [5, 5.41) is 9.20. The largest absolute Gasteiger partial charge is 0.341 e. The third-order valence-corrected chi connectivity index (χ3v) is 5.71. The summed E-state index contributed by atoms with van der Waals surface area (Å²) in [6.07, 6.45) is 2.27. The molecule has 0 atom stereocenters. The number of hydrogen-bond donors (Lipinski definition) is 1. The van der Waals surface area contributed by atoms with Crippen molar-refractivity contribution in [1.29, 1.82) is 0 Å². The molecule has 1 aliphatic rings. The van der Waals surface area contributed by atoms with Crippen LogP contribution in [0.15, 0.2) is 35.0 Å². The molecular formula is C20H24N4S. The number of aryl methyl sites for hydroxylation is 2. The van der Waals surface area contributed by atoms with Gasteiger partial charge in [-0.05, 0) is 61.2 Å². The molecule has 2 aromatic heterocycles. The number of rotatable bonds is 4. The first-order valence-electron chi connectivity index (χ1n) is 8.93. The van der Waals surface area contributed by atoms with E-state index in [1.54, 1.807) is 11.3 Å². The second-order valence-corrected chi connectivity index (χ2v) is 7.68. The zero-order chi connectivity index (χ0) is 17.2. The molecule has 1 N–H and O–H groups in total. The van der Waals surface area contributed by atoms with E-state index in [0.29, 0.717) is 6.04 Å². The Morgan fingerprint density at radius 2 is 2.00 bits per heavy atom. The molecule has 3 heterocycles. The van der Waals surface area contributed by atoms with E-state index >= 15 is 0 Å². The van der Waals surface area contributed by atoms with E-state index in [1.807, 2.05) is 0 Å². The van der Waals surface area contributed by atoms with Crippen LogP contribution in [0.4, 0.5) is 5.95 Å².